The van der Waals surface area contributed by atoms with Crippen LogP contribution in [0.5, 0.6) is 0 Å². The molecule has 0 aliphatic carbocycles. The molecule has 0 saturated carbocycles. The summed E-state index contributed by atoms with van der Waals surface area (Å²) in [7, 11) is 0. The molecule has 0 aromatic carbocycles. The van der Waals surface area contributed by atoms with Crippen molar-refractivity contribution in [1.29, 1.82) is 0 Å². The first-order chi connectivity index (χ1) is 7.89. The van der Waals surface area contributed by atoms with Crippen molar-refractivity contribution in [2.75, 3.05) is 26.2 Å². The zero-order chi connectivity index (χ0) is 13.9. The quantitative estimate of drug-likeness (QED) is 0.507. The molecular weight excluding hydrogens is 214 g/mol. The zero-order valence-electron chi connectivity index (χ0n) is 12.2. The lowest BCUT2D eigenvalue weighted by Gasteiger charge is -2.35. The van der Waals surface area contributed by atoms with Gasteiger partial charge in [0.05, 0.1) is 32.1 Å². The summed E-state index contributed by atoms with van der Waals surface area (Å²) >= 11 is 0. The molecule has 0 fully saturated rings. The summed E-state index contributed by atoms with van der Waals surface area (Å²) in [4.78, 5) is 9.49. The van der Waals surface area contributed by atoms with Gasteiger partial charge in [0.25, 0.3) is 0 Å². The van der Waals surface area contributed by atoms with Crippen LogP contribution in [0.2, 0.25) is 0 Å². The molecular formula is C14H29NO2. The molecule has 0 radical (unpaired) electrons. The molecule has 0 N–H and O–H groups in total. The second-order valence-corrected chi connectivity index (χ2v) is 4.44. The number of rotatable bonds is 7. The second-order valence-electron chi connectivity index (χ2n) is 4.44. The van der Waals surface area contributed by atoms with Gasteiger partial charge in [0.1, 0.15) is 0 Å². The average molecular weight is 243 g/mol. The summed E-state index contributed by atoms with van der Waals surface area (Å²) in [6.07, 6.45) is 2.72. The number of aliphatic carboxylic acids is 1. The Kier molecular flexibility index (Phi) is 11.3. The van der Waals surface area contributed by atoms with Crippen LogP contribution in [0, 0.1) is 0 Å². The van der Waals surface area contributed by atoms with E-state index < -0.39 is 5.97 Å². The lowest BCUT2D eigenvalue weighted by atomic mass is 10.2. The molecule has 17 heavy (non-hydrogen) atoms. The highest BCUT2D eigenvalue weighted by Gasteiger charge is 2.18. The predicted octanol–water partition coefficient (Wildman–Crippen LogP) is 1.98. The molecule has 0 unspecified atom stereocenters. The largest absolute Gasteiger partial charge is 0.545 e. The Morgan fingerprint density at radius 3 is 1.65 bits per heavy atom. The van der Waals surface area contributed by atoms with E-state index >= 15 is 0 Å². The van der Waals surface area contributed by atoms with Crippen molar-refractivity contribution in [2.45, 2.75) is 47.5 Å². The van der Waals surface area contributed by atoms with E-state index in [2.05, 4.69) is 34.3 Å². The summed E-state index contributed by atoms with van der Waals surface area (Å²) in [5.74, 6) is -1.19. The molecule has 0 spiro atoms. The maximum Gasteiger partial charge on any atom is 0.0786 e. The van der Waals surface area contributed by atoms with Crippen LogP contribution >= 0.6 is 0 Å². The van der Waals surface area contributed by atoms with Crippen LogP contribution in [0.4, 0.5) is 0 Å². The van der Waals surface area contributed by atoms with E-state index in [1.807, 2.05) is 0 Å². The van der Waals surface area contributed by atoms with Crippen molar-refractivity contribution < 1.29 is 14.4 Å². The number of carboxylic acid groups (broad SMARTS) is 1. The van der Waals surface area contributed by atoms with Gasteiger partial charge in [-0.15, -0.1) is 0 Å². The normalized spacial score (nSPS) is 10.4. The number of unbranched alkanes of at least 4 members (excludes halogenated alkanes) is 1. The number of carboxylic acids is 1. The van der Waals surface area contributed by atoms with Crippen molar-refractivity contribution in [3.05, 3.63) is 12.2 Å². The molecule has 0 heterocycles. The monoisotopic (exact) mass is 243 g/mol. The SMILES string of the molecule is C=C(C)C(=O)[O-].CCCC[N+](CC)(CC)CC. The van der Waals surface area contributed by atoms with Gasteiger partial charge in [0, 0.05) is 0 Å². The van der Waals surface area contributed by atoms with Crippen LogP contribution in [0.25, 0.3) is 0 Å². The Balaban J connectivity index is 0. The topological polar surface area (TPSA) is 40.1 Å². The first-order valence-electron chi connectivity index (χ1n) is 6.61. The van der Waals surface area contributed by atoms with Gasteiger partial charge in [0.15, 0.2) is 0 Å². The standard InChI is InChI=1S/C10H24N.C4H6O2/c1-5-9-10-11(6-2,7-3)8-4;1-3(2)4(5)6/h5-10H2,1-4H3;1H2,2H3,(H,5,6)/q+1;/p-1. The predicted molar refractivity (Wildman–Crippen MR) is 71.5 cm³/mol. The minimum absolute atomic E-state index is 0.0648. The van der Waals surface area contributed by atoms with Gasteiger partial charge < -0.3 is 14.4 Å². The third kappa shape index (κ3) is 8.93. The van der Waals surface area contributed by atoms with E-state index in [1.165, 1.54) is 50.4 Å². The van der Waals surface area contributed by atoms with Gasteiger partial charge in [0.2, 0.25) is 0 Å². The Bertz CT molecular complexity index is 200. The fourth-order valence-electron chi connectivity index (χ4n) is 1.64. The van der Waals surface area contributed by atoms with Crippen LogP contribution in [0.1, 0.15) is 47.5 Å². The number of hydrogen-bond donors (Lipinski definition) is 0. The molecule has 0 aliphatic heterocycles. The molecule has 0 aromatic heterocycles. The van der Waals surface area contributed by atoms with Crippen LogP contribution in [0.15, 0.2) is 12.2 Å². The molecule has 0 amide bonds. The summed E-state index contributed by atoms with van der Waals surface area (Å²) in [5.41, 5.74) is 0.0648. The van der Waals surface area contributed by atoms with Gasteiger partial charge in [-0.25, -0.2) is 0 Å². The lowest BCUT2D eigenvalue weighted by Crippen LogP contribution is -2.48. The molecule has 0 bridgehead atoms. The van der Waals surface area contributed by atoms with Crippen LogP contribution in [-0.4, -0.2) is 36.6 Å². The Hall–Kier alpha value is -0.830. The van der Waals surface area contributed by atoms with Crippen molar-refractivity contribution in [2.24, 2.45) is 0 Å². The van der Waals surface area contributed by atoms with E-state index in [4.69, 9.17) is 0 Å². The van der Waals surface area contributed by atoms with Gasteiger partial charge >= 0.3 is 0 Å². The third-order valence-electron chi connectivity index (χ3n) is 3.35. The van der Waals surface area contributed by atoms with Crippen molar-refractivity contribution in [3.63, 3.8) is 0 Å². The third-order valence-corrected chi connectivity index (χ3v) is 3.35. The summed E-state index contributed by atoms with van der Waals surface area (Å²) < 4.78 is 1.31. The molecule has 0 saturated heterocycles. The average Bonchev–Trinajstić information content (AvgIpc) is 2.32. The van der Waals surface area contributed by atoms with E-state index in [9.17, 15) is 9.90 Å². The minimum atomic E-state index is -1.19. The fraction of sp³-hybridized carbons (Fsp3) is 0.786. The van der Waals surface area contributed by atoms with Gasteiger partial charge in [-0.1, -0.05) is 19.9 Å². The maximum absolute atomic E-state index is 9.49. The Labute approximate surface area is 107 Å². The maximum atomic E-state index is 9.49. The Morgan fingerprint density at radius 2 is 1.47 bits per heavy atom. The number of carbonyl (C=O) groups is 1. The zero-order valence-corrected chi connectivity index (χ0v) is 12.2. The Morgan fingerprint density at radius 1 is 1.12 bits per heavy atom. The molecule has 0 atom stereocenters. The highest BCUT2D eigenvalue weighted by molar-refractivity contribution is 5.82. The van der Waals surface area contributed by atoms with Gasteiger partial charge in [-0.2, -0.15) is 0 Å². The van der Waals surface area contributed by atoms with Crippen molar-refractivity contribution >= 4 is 5.97 Å². The van der Waals surface area contributed by atoms with Crippen molar-refractivity contribution in [1.82, 2.24) is 0 Å². The second kappa shape index (κ2) is 10.3. The van der Waals surface area contributed by atoms with E-state index in [0.29, 0.717) is 0 Å². The van der Waals surface area contributed by atoms with E-state index in [-0.39, 0.29) is 5.57 Å². The number of hydrogen-bond acceptors (Lipinski definition) is 2. The molecule has 0 aromatic rings. The van der Waals surface area contributed by atoms with Crippen LogP contribution in [-0.2, 0) is 4.79 Å². The molecule has 102 valence electrons. The number of nitrogens with zero attached hydrogens (tertiary/aromatic N) is 1. The lowest BCUT2D eigenvalue weighted by molar-refractivity contribution is -0.923. The van der Waals surface area contributed by atoms with E-state index in [1.54, 1.807) is 0 Å². The van der Waals surface area contributed by atoms with E-state index in [0.717, 1.165) is 0 Å². The summed E-state index contributed by atoms with van der Waals surface area (Å²) in [6.45, 7) is 18.9. The van der Waals surface area contributed by atoms with Crippen LogP contribution < -0.4 is 5.11 Å². The molecule has 0 aliphatic rings. The van der Waals surface area contributed by atoms with Gasteiger partial charge in [-0.3, -0.25) is 0 Å². The number of quaternary nitrogens is 1. The number of carbonyl (C=O) groups excluding carboxylic acids is 1. The first kappa shape index (κ1) is 18.5. The summed E-state index contributed by atoms with van der Waals surface area (Å²) in [6, 6.07) is 0. The minimum Gasteiger partial charge on any atom is -0.545 e. The molecule has 3 nitrogen and oxygen atoms in total. The van der Waals surface area contributed by atoms with Crippen LogP contribution in [0.3, 0.4) is 0 Å². The smallest absolute Gasteiger partial charge is 0.0786 e. The molecule has 0 rings (SSSR count). The fourth-order valence-corrected chi connectivity index (χ4v) is 1.64. The highest BCUT2D eigenvalue weighted by atomic mass is 16.4. The van der Waals surface area contributed by atoms with Gasteiger partial charge in [-0.05, 0) is 39.7 Å². The summed E-state index contributed by atoms with van der Waals surface area (Å²) in [5, 5.41) is 9.49. The first-order valence-corrected chi connectivity index (χ1v) is 6.61. The van der Waals surface area contributed by atoms with Crippen molar-refractivity contribution in [3.8, 4) is 0 Å². The highest BCUT2D eigenvalue weighted by Crippen LogP contribution is 2.07. The molecule has 3 heteroatoms.